The average Bonchev–Trinajstić information content (AvgIpc) is 2.27. The lowest BCUT2D eigenvalue weighted by molar-refractivity contribution is -0.142. The summed E-state index contributed by atoms with van der Waals surface area (Å²) in [5.41, 5.74) is 0.888. The third-order valence-corrected chi connectivity index (χ3v) is 2.98. The number of halogens is 2. The molecule has 0 radical (unpaired) electrons. The number of methoxy groups -OCH3 is 1. The van der Waals surface area contributed by atoms with Crippen LogP contribution in [0.3, 0.4) is 0 Å². The van der Waals surface area contributed by atoms with Gasteiger partial charge in [0.05, 0.1) is 13.0 Å². The number of rotatable bonds is 1. The molecule has 0 spiro atoms. The Morgan fingerprint density at radius 1 is 1.44 bits per heavy atom. The van der Waals surface area contributed by atoms with E-state index in [1.165, 1.54) is 13.2 Å². The second-order valence-electron chi connectivity index (χ2n) is 3.92. The quantitative estimate of drug-likeness (QED) is 0.688. The van der Waals surface area contributed by atoms with Crippen LogP contribution < -0.4 is 0 Å². The van der Waals surface area contributed by atoms with Crippen LogP contribution in [0, 0.1) is 11.6 Å². The van der Waals surface area contributed by atoms with Gasteiger partial charge in [0.2, 0.25) is 0 Å². The van der Waals surface area contributed by atoms with Crippen molar-refractivity contribution in [3.8, 4) is 0 Å². The van der Waals surface area contributed by atoms with Crippen LogP contribution in [0.2, 0.25) is 0 Å². The van der Waals surface area contributed by atoms with Crippen molar-refractivity contribution in [2.45, 2.75) is 25.2 Å². The highest BCUT2D eigenvalue weighted by molar-refractivity contribution is 5.79. The van der Waals surface area contributed by atoms with Crippen molar-refractivity contribution >= 4 is 5.97 Å². The second kappa shape index (κ2) is 4.20. The van der Waals surface area contributed by atoms with Crippen molar-refractivity contribution in [1.82, 2.24) is 0 Å². The summed E-state index contributed by atoms with van der Waals surface area (Å²) >= 11 is 0. The molecule has 2 rings (SSSR count). The molecule has 0 amide bonds. The Hall–Kier alpha value is -1.45. The molecular weight excluding hydrogens is 214 g/mol. The molecular formula is C12H12F2O2. The molecule has 0 aliphatic heterocycles. The highest BCUT2D eigenvalue weighted by atomic mass is 19.1. The van der Waals surface area contributed by atoms with Gasteiger partial charge in [0.15, 0.2) is 0 Å². The molecule has 4 heteroatoms. The zero-order valence-corrected chi connectivity index (χ0v) is 8.93. The molecule has 0 N–H and O–H groups in total. The topological polar surface area (TPSA) is 26.3 Å². The standard InChI is InChI=1S/C12H12F2O2/c1-16-12(15)9-4-2-3-8-10(9)5-7(13)6-11(8)14/h5-6,9H,2-4H2,1H3. The molecule has 16 heavy (non-hydrogen) atoms. The lowest BCUT2D eigenvalue weighted by Crippen LogP contribution is -2.21. The van der Waals surface area contributed by atoms with Crippen LogP contribution in [0.4, 0.5) is 8.78 Å². The fourth-order valence-electron chi connectivity index (χ4n) is 2.22. The highest BCUT2D eigenvalue weighted by Crippen LogP contribution is 2.34. The normalized spacial score (nSPS) is 19.1. The molecule has 1 atom stereocenters. The van der Waals surface area contributed by atoms with Gasteiger partial charge in [-0.05, 0) is 36.5 Å². The van der Waals surface area contributed by atoms with Gasteiger partial charge in [0, 0.05) is 6.07 Å². The van der Waals surface area contributed by atoms with Gasteiger partial charge in [-0.3, -0.25) is 4.79 Å². The Kier molecular flexibility index (Phi) is 2.90. The van der Waals surface area contributed by atoms with Crippen molar-refractivity contribution in [1.29, 1.82) is 0 Å². The van der Waals surface area contributed by atoms with Gasteiger partial charge in [0.25, 0.3) is 0 Å². The Morgan fingerprint density at radius 3 is 2.88 bits per heavy atom. The lowest BCUT2D eigenvalue weighted by atomic mass is 9.82. The monoisotopic (exact) mass is 226 g/mol. The number of hydrogen-bond donors (Lipinski definition) is 0. The lowest BCUT2D eigenvalue weighted by Gasteiger charge is -2.23. The maximum absolute atomic E-state index is 13.5. The minimum Gasteiger partial charge on any atom is -0.469 e. The first-order valence-corrected chi connectivity index (χ1v) is 5.19. The van der Waals surface area contributed by atoms with Crippen molar-refractivity contribution in [3.05, 3.63) is 34.9 Å². The van der Waals surface area contributed by atoms with Crippen LogP contribution in [-0.2, 0) is 16.0 Å². The SMILES string of the molecule is COC(=O)C1CCCc2c(F)cc(F)cc21. The van der Waals surface area contributed by atoms with E-state index in [4.69, 9.17) is 0 Å². The van der Waals surface area contributed by atoms with E-state index in [0.29, 0.717) is 24.0 Å². The van der Waals surface area contributed by atoms with E-state index in [1.54, 1.807) is 0 Å². The third-order valence-electron chi connectivity index (χ3n) is 2.98. The molecule has 0 heterocycles. The fourth-order valence-corrected chi connectivity index (χ4v) is 2.22. The molecule has 0 saturated heterocycles. The highest BCUT2D eigenvalue weighted by Gasteiger charge is 2.29. The number of fused-ring (bicyclic) bond motifs is 1. The molecule has 1 aliphatic carbocycles. The van der Waals surface area contributed by atoms with Crippen LogP contribution in [0.1, 0.15) is 29.9 Å². The number of carbonyl (C=O) groups is 1. The first-order chi connectivity index (χ1) is 7.63. The summed E-state index contributed by atoms with van der Waals surface area (Å²) in [6.07, 6.45) is 1.85. The predicted octanol–water partition coefficient (Wildman–Crippen LogP) is 2.56. The van der Waals surface area contributed by atoms with Gasteiger partial charge in [0.1, 0.15) is 11.6 Å². The minimum atomic E-state index is -0.646. The molecule has 1 aliphatic rings. The summed E-state index contributed by atoms with van der Waals surface area (Å²) < 4.78 is 31.2. The van der Waals surface area contributed by atoms with E-state index in [-0.39, 0.29) is 0 Å². The molecule has 0 aromatic heterocycles. The van der Waals surface area contributed by atoms with Gasteiger partial charge in [-0.2, -0.15) is 0 Å². The molecule has 0 saturated carbocycles. The summed E-state index contributed by atoms with van der Waals surface area (Å²) in [6.45, 7) is 0. The van der Waals surface area contributed by atoms with Gasteiger partial charge in [-0.15, -0.1) is 0 Å². The first-order valence-electron chi connectivity index (χ1n) is 5.19. The van der Waals surface area contributed by atoms with Gasteiger partial charge >= 0.3 is 5.97 Å². The Labute approximate surface area is 92.2 Å². The number of carbonyl (C=O) groups excluding carboxylic acids is 1. The number of benzene rings is 1. The van der Waals surface area contributed by atoms with E-state index < -0.39 is 23.5 Å². The molecule has 2 nitrogen and oxygen atoms in total. The van der Waals surface area contributed by atoms with Crippen molar-refractivity contribution in [2.75, 3.05) is 7.11 Å². The molecule has 1 unspecified atom stereocenters. The summed E-state index contributed by atoms with van der Waals surface area (Å²) in [6, 6.07) is 2.09. The summed E-state index contributed by atoms with van der Waals surface area (Å²) in [5, 5.41) is 0. The Morgan fingerprint density at radius 2 is 2.19 bits per heavy atom. The number of esters is 1. The van der Waals surface area contributed by atoms with E-state index in [0.717, 1.165) is 12.5 Å². The molecule has 1 aromatic carbocycles. The van der Waals surface area contributed by atoms with Gasteiger partial charge < -0.3 is 4.74 Å². The molecule has 1 aromatic rings. The van der Waals surface area contributed by atoms with E-state index in [2.05, 4.69) is 4.74 Å². The molecule has 0 bridgehead atoms. The Bertz CT molecular complexity index is 429. The van der Waals surface area contributed by atoms with Crippen LogP contribution in [0.15, 0.2) is 12.1 Å². The minimum absolute atomic E-state index is 0.425. The zero-order valence-electron chi connectivity index (χ0n) is 8.93. The van der Waals surface area contributed by atoms with Crippen LogP contribution >= 0.6 is 0 Å². The average molecular weight is 226 g/mol. The van der Waals surface area contributed by atoms with Gasteiger partial charge in [-0.1, -0.05) is 0 Å². The third kappa shape index (κ3) is 1.79. The summed E-state index contributed by atoms with van der Waals surface area (Å²) in [4.78, 5) is 11.5. The Balaban J connectivity index is 2.49. The fraction of sp³-hybridized carbons (Fsp3) is 0.417. The summed E-state index contributed by atoms with van der Waals surface area (Å²) in [7, 11) is 1.28. The van der Waals surface area contributed by atoms with Crippen LogP contribution in [-0.4, -0.2) is 13.1 Å². The first kappa shape index (κ1) is 11.0. The maximum atomic E-state index is 13.5. The predicted molar refractivity (Wildman–Crippen MR) is 54.1 cm³/mol. The van der Waals surface area contributed by atoms with Crippen molar-refractivity contribution < 1.29 is 18.3 Å². The van der Waals surface area contributed by atoms with E-state index >= 15 is 0 Å². The smallest absolute Gasteiger partial charge is 0.313 e. The van der Waals surface area contributed by atoms with Crippen LogP contribution in [0.5, 0.6) is 0 Å². The van der Waals surface area contributed by atoms with E-state index in [9.17, 15) is 13.6 Å². The zero-order chi connectivity index (χ0) is 11.7. The van der Waals surface area contributed by atoms with Crippen molar-refractivity contribution in [3.63, 3.8) is 0 Å². The second-order valence-corrected chi connectivity index (χ2v) is 3.92. The maximum Gasteiger partial charge on any atom is 0.313 e. The molecule has 0 fully saturated rings. The summed E-state index contributed by atoms with van der Waals surface area (Å²) in [5.74, 6) is -2.17. The van der Waals surface area contributed by atoms with Crippen molar-refractivity contribution in [2.24, 2.45) is 0 Å². The van der Waals surface area contributed by atoms with Gasteiger partial charge in [-0.25, -0.2) is 8.78 Å². The number of ether oxygens (including phenoxy) is 1. The number of hydrogen-bond acceptors (Lipinski definition) is 2. The van der Waals surface area contributed by atoms with E-state index in [1.807, 2.05) is 0 Å². The largest absolute Gasteiger partial charge is 0.469 e. The molecule has 86 valence electrons. The van der Waals surface area contributed by atoms with Crippen LogP contribution in [0.25, 0.3) is 0 Å².